The molecule has 1 aromatic carbocycles. The van der Waals surface area contributed by atoms with E-state index in [1.165, 1.54) is 18.6 Å². The summed E-state index contributed by atoms with van der Waals surface area (Å²) in [5.74, 6) is 0. The van der Waals surface area contributed by atoms with Gasteiger partial charge < -0.3 is 0 Å². The molecule has 0 saturated heterocycles. The summed E-state index contributed by atoms with van der Waals surface area (Å²) in [6.07, 6.45) is 5.43. The van der Waals surface area contributed by atoms with Crippen LogP contribution in [-0.2, 0) is 0 Å². The average Bonchev–Trinajstić information content (AvgIpc) is 2.34. The maximum atomic E-state index is 6.13. The van der Waals surface area contributed by atoms with Crippen LogP contribution in [0.15, 0.2) is 28.2 Å². The highest BCUT2D eigenvalue weighted by molar-refractivity contribution is 6.33. The van der Waals surface area contributed by atoms with E-state index in [1.54, 1.807) is 0 Å². The van der Waals surface area contributed by atoms with Crippen LogP contribution in [0.1, 0.15) is 30.4 Å². The second-order valence-corrected chi connectivity index (χ2v) is 4.75. The van der Waals surface area contributed by atoms with Gasteiger partial charge in [0.2, 0.25) is 0 Å². The van der Waals surface area contributed by atoms with Gasteiger partial charge in [-0.2, -0.15) is 0 Å². The van der Waals surface area contributed by atoms with E-state index >= 15 is 0 Å². The number of benzene rings is 1. The Balaban J connectivity index is 0.00000162. The van der Waals surface area contributed by atoms with Crippen molar-refractivity contribution < 1.29 is 0 Å². The standard InChI is InChI=1S/C14H17ClN2.ClH/c1-11-5-4-7-14(15)13(11)10-16-9-12-6-2-3-8-17-12;/h4-5,7,10H,2-3,6,8-9H2,1H3;1H. The van der Waals surface area contributed by atoms with Gasteiger partial charge >= 0.3 is 0 Å². The van der Waals surface area contributed by atoms with Crippen molar-refractivity contribution in [1.29, 1.82) is 0 Å². The predicted octanol–water partition coefficient (Wildman–Crippen LogP) is 4.11. The largest absolute Gasteiger partial charge is 0.292 e. The van der Waals surface area contributed by atoms with Gasteiger partial charge in [0, 0.05) is 29.1 Å². The fourth-order valence-corrected chi connectivity index (χ4v) is 2.21. The molecule has 0 unspecified atom stereocenters. The number of nitrogens with zero attached hydrogens (tertiary/aromatic N) is 2. The number of aliphatic imine (C=N–C) groups is 2. The van der Waals surface area contributed by atoms with Crippen LogP contribution in [0.5, 0.6) is 0 Å². The Morgan fingerprint density at radius 3 is 2.89 bits per heavy atom. The van der Waals surface area contributed by atoms with Gasteiger partial charge in [0.05, 0.1) is 6.54 Å². The molecule has 1 aliphatic rings. The predicted molar refractivity (Wildman–Crippen MR) is 82.1 cm³/mol. The van der Waals surface area contributed by atoms with Crippen LogP contribution in [0.3, 0.4) is 0 Å². The molecular weight excluding hydrogens is 267 g/mol. The topological polar surface area (TPSA) is 24.7 Å². The molecule has 0 aromatic heterocycles. The first-order valence-electron chi connectivity index (χ1n) is 6.04. The van der Waals surface area contributed by atoms with Gasteiger partial charge in [-0.15, -0.1) is 12.4 Å². The molecule has 1 aromatic rings. The van der Waals surface area contributed by atoms with E-state index < -0.39 is 0 Å². The van der Waals surface area contributed by atoms with Gasteiger partial charge in [-0.05, 0) is 37.8 Å². The van der Waals surface area contributed by atoms with Crippen LogP contribution in [0.25, 0.3) is 0 Å². The Morgan fingerprint density at radius 1 is 1.39 bits per heavy atom. The third kappa shape index (κ3) is 4.11. The van der Waals surface area contributed by atoms with E-state index in [2.05, 4.69) is 9.98 Å². The van der Waals surface area contributed by atoms with Crippen molar-refractivity contribution in [2.75, 3.05) is 13.1 Å². The van der Waals surface area contributed by atoms with Crippen molar-refractivity contribution in [2.24, 2.45) is 9.98 Å². The molecular formula is C14H18Cl2N2. The molecule has 2 rings (SSSR count). The number of hydrogen-bond donors (Lipinski definition) is 0. The van der Waals surface area contributed by atoms with Crippen molar-refractivity contribution in [2.45, 2.75) is 26.2 Å². The third-order valence-corrected chi connectivity index (χ3v) is 3.30. The van der Waals surface area contributed by atoms with Gasteiger partial charge in [-0.25, -0.2) is 0 Å². The van der Waals surface area contributed by atoms with Crippen molar-refractivity contribution in [3.63, 3.8) is 0 Å². The summed E-state index contributed by atoms with van der Waals surface area (Å²) in [6.45, 7) is 3.73. The molecule has 18 heavy (non-hydrogen) atoms. The Bertz CT molecular complexity index is 433. The normalized spacial score (nSPS) is 15.3. The van der Waals surface area contributed by atoms with Gasteiger partial charge in [0.15, 0.2) is 0 Å². The Morgan fingerprint density at radius 2 is 2.22 bits per heavy atom. The van der Waals surface area contributed by atoms with E-state index in [0.29, 0.717) is 6.54 Å². The van der Waals surface area contributed by atoms with Gasteiger partial charge in [-0.1, -0.05) is 23.7 Å². The second-order valence-electron chi connectivity index (χ2n) is 4.35. The van der Waals surface area contributed by atoms with Gasteiger partial charge in [0.1, 0.15) is 0 Å². The first-order chi connectivity index (χ1) is 8.27. The number of halogens is 2. The van der Waals surface area contributed by atoms with Gasteiger partial charge in [-0.3, -0.25) is 9.98 Å². The fourth-order valence-electron chi connectivity index (χ4n) is 1.94. The summed E-state index contributed by atoms with van der Waals surface area (Å²) in [4.78, 5) is 8.92. The summed E-state index contributed by atoms with van der Waals surface area (Å²) >= 11 is 6.13. The lowest BCUT2D eigenvalue weighted by Gasteiger charge is -2.09. The average molecular weight is 285 g/mol. The first kappa shape index (κ1) is 15.2. The minimum Gasteiger partial charge on any atom is -0.292 e. The maximum Gasteiger partial charge on any atom is 0.0768 e. The highest BCUT2D eigenvalue weighted by Gasteiger charge is 2.04. The van der Waals surface area contributed by atoms with E-state index in [4.69, 9.17) is 11.6 Å². The number of aryl methyl sites for hydroxylation is 1. The van der Waals surface area contributed by atoms with Crippen molar-refractivity contribution >= 4 is 35.9 Å². The van der Waals surface area contributed by atoms with Crippen LogP contribution >= 0.6 is 24.0 Å². The smallest absolute Gasteiger partial charge is 0.0768 e. The molecule has 0 aliphatic carbocycles. The molecule has 0 spiro atoms. The Labute approximate surface area is 120 Å². The molecule has 0 N–H and O–H groups in total. The van der Waals surface area contributed by atoms with Gasteiger partial charge in [0.25, 0.3) is 0 Å². The molecule has 0 fully saturated rings. The van der Waals surface area contributed by atoms with E-state index in [-0.39, 0.29) is 12.4 Å². The molecule has 1 aliphatic heterocycles. The Kier molecular flexibility index (Phi) is 6.37. The zero-order valence-corrected chi connectivity index (χ0v) is 12.1. The van der Waals surface area contributed by atoms with Crippen LogP contribution < -0.4 is 0 Å². The molecule has 4 heteroatoms. The lowest BCUT2D eigenvalue weighted by Crippen LogP contribution is -2.09. The lowest BCUT2D eigenvalue weighted by molar-refractivity contribution is 0.731. The highest BCUT2D eigenvalue weighted by atomic mass is 35.5. The molecule has 0 radical (unpaired) electrons. The second kappa shape index (κ2) is 7.55. The lowest BCUT2D eigenvalue weighted by atomic mass is 10.1. The third-order valence-electron chi connectivity index (χ3n) is 2.97. The molecule has 2 nitrogen and oxygen atoms in total. The molecule has 0 bridgehead atoms. The van der Waals surface area contributed by atoms with E-state index in [9.17, 15) is 0 Å². The molecule has 1 heterocycles. The maximum absolute atomic E-state index is 6.13. The molecule has 0 amide bonds. The highest BCUT2D eigenvalue weighted by Crippen LogP contribution is 2.17. The fraction of sp³-hybridized carbons (Fsp3) is 0.429. The summed E-state index contributed by atoms with van der Waals surface area (Å²) in [7, 11) is 0. The van der Waals surface area contributed by atoms with Crippen LogP contribution in [0, 0.1) is 6.92 Å². The van der Waals surface area contributed by atoms with Crippen molar-refractivity contribution in [1.82, 2.24) is 0 Å². The summed E-state index contributed by atoms with van der Waals surface area (Å²) in [6, 6.07) is 5.90. The SMILES string of the molecule is Cc1cccc(Cl)c1C=NCC1=NCCCC1.Cl. The Hall–Kier alpha value is -0.860. The summed E-state index contributed by atoms with van der Waals surface area (Å²) in [5, 5.41) is 0.763. The summed E-state index contributed by atoms with van der Waals surface area (Å²) in [5.41, 5.74) is 3.40. The van der Waals surface area contributed by atoms with Crippen molar-refractivity contribution in [3.05, 3.63) is 34.3 Å². The molecule has 0 saturated carbocycles. The van der Waals surface area contributed by atoms with Crippen molar-refractivity contribution in [3.8, 4) is 0 Å². The minimum absolute atomic E-state index is 0. The van der Waals surface area contributed by atoms with E-state index in [1.807, 2.05) is 31.3 Å². The monoisotopic (exact) mass is 284 g/mol. The zero-order valence-electron chi connectivity index (χ0n) is 10.5. The minimum atomic E-state index is 0. The van der Waals surface area contributed by atoms with Crippen LogP contribution in [0.4, 0.5) is 0 Å². The quantitative estimate of drug-likeness (QED) is 0.746. The first-order valence-corrected chi connectivity index (χ1v) is 6.42. The number of hydrogen-bond acceptors (Lipinski definition) is 2. The molecule has 0 atom stereocenters. The summed E-state index contributed by atoms with van der Waals surface area (Å²) < 4.78 is 0. The zero-order chi connectivity index (χ0) is 12.1. The molecule has 98 valence electrons. The number of rotatable bonds is 3. The van der Waals surface area contributed by atoms with E-state index in [0.717, 1.165) is 29.1 Å². The van der Waals surface area contributed by atoms with Crippen LogP contribution in [0.2, 0.25) is 5.02 Å². The van der Waals surface area contributed by atoms with Crippen LogP contribution in [-0.4, -0.2) is 25.0 Å².